The summed E-state index contributed by atoms with van der Waals surface area (Å²) in [6, 6.07) is 12.9. The number of nitrogens with zero attached hydrogens (tertiary/aromatic N) is 1. The molecule has 152 valence electrons. The zero-order valence-electron chi connectivity index (χ0n) is 15.5. The molecular formula is C19H19N3O6S. The van der Waals surface area contributed by atoms with E-state index in [-0.39, 0.29) is 18.0 Å². The molecule has 29 heavy (non-hydrogen) atoms. The van der Waals surface area contributed by atoms with Crippen molar-refractivity contribution in [1.82, 2.24) is 14.9 Å². The molecule has 1 atom stereocenters. The molecule has 0 spiro atoms. The molecule has 1 saturated heterocycles. The Bertz CT molecular complexity index is 1020. The van der Waals surface area contributed by atoms with Gasteiger partial charge in [-0.1, -0.05) is 48.0 Å². The molecule has 9 nitrogen and oxygen atoms in total. The topological polar surface area (TPSA) is 122 Å². The minimum absolute atomic E-state index is 0.0343. The number of carbonyl (C=O) groups is 3. The Balaban J connectivity index is 1.49. The molecule has 3 rings (SSSR count). The number of rotatable bonds is 5. The zero-order valence-corrected chi connectivity index (χ0v) is 16.3. The minimum Gasteiger partial charge on any atom is -0.445 e. The van der Waals surface area contributed by atoms with Crippen LogP contribution in [0.3, 0.4) is 0 Å². The van der Waals surface area contributed by atoms with Gasteiger partial charge in [0.15, 0.2) is 0 Å². The van der Waals surface area contributed by atoms with Gasteiger partial charge in [-0.2, -0.15) is 0 Å². The Hall–Kier alpha value is -3.40. The van der Waals surface area contributed by atoms with Crippen LogP contribution in [0.5, 0.6) is 0 Å². The largest absolute Gasteiger partial charge is 0.445 e. The number of hydrogen-bond donors (Lipinski definition) is 2. The maximum absolute atomic E-state index is 12.2. The fourth-order valence-corrected chi connectivity index (χ4v) is 3.52. The lowest BCUT2D eigenvalue weighted by Crippen LogP contribution is -2.67. The Morgan fingerprint density at radius 1 is 1.10 bits per heavy atom. The Kier molecular flexibility index (Phi) is 5.83. The smallest absolute Gasteiger partial charge is 0.408 e. The van der Waals surface area contributed by atoms with Crippen molar-refractivity contribution >= 4 is 28.1 Å². The van der Waals surface area contributed by atoms with E-state index in [1.165, 1.54) is 12.1 Å². The number of imide groups is 1. The number of ether oxygens (including phenoxy) is 1. The molecule has 0 aliphatic carbocycles. The number of benzene rings is 2. The summed E-state index contributed by atoms with van der Waals surface area (Å²) < 4.78 is 31.3. The molecule has 0 bridgehead atoms. The van der Waals surface area contributed by atoms with Crippen LogP contribution >= 0.6 is 0 Å². The van der Waals surface area contributed by atoms with Gasteiger partial charge in [0.25, 0.3) is 15.9 Å². The van der Waals surface area contributed by atoms with Gasteiger partial charge in [-0.05, 0) is 24.6 Å². The summed E-state index contributed by atoms with van der Waals surface area (Å²) in [4.78, 5) is 36.6. The van der Waals surface area contributed by atoms with Crippen molar-refractivity contribution in [3.05, 3.63) is 65.7 Å². The molecule has 10 heteroatoms. The highest BCUT2D eigenvalue weighted by molar-refractivity contribution is 7.90. The number of β-lactam (4-membered cyclic amide) rings is 1. The van der Waals surface area contributed by atoms with Crippen LogP contribution in [-0.4, -0.2) is 43.9 Å². The molecule has 0 unspecified atom stereocenters. The van der Waals surface area contributed by atoms with Gasteiger partial charge < -0.3 is 10.1 Å². The summed E-state index contributed by atoms with van der Waals surface area (Å²) in [5.74, 6) is -0.724. The van der Waals surface area contributed by atoms with E-state index in [1.54, 1.807) is 43.3 Å². The fourth-order valence-electron chi connectivity index (χ4n) is 2.57. The van der Waals surface area contributed by atoms with Gasteiger partial charge in [0.2, 0.25) is 0 Å². The van der Waals surface area contributed by atoms with E-state index in [0.29, 0.717) is 4.90 Å². The number of nitrogens with one attached hydrogen (secondary N) is 2. The highest BCUT2D eigenvalue weighted by Gasteiger charge is 2.43. The lowest BCUT2D eigenvalue weighted by atomic mass is 10.1. The van der Waals surface area contributed by atoms with Crippen LogP contribution in [0.15, 0.2) is 59.5 Å². The molecule has 0 aromatic heterocycles. The molecule has 2 aromatic rings. The van der Waals surface area contributed by atoms with Crippen molar-refractivity contribution in [2.24, 2.45) is 0 Å². The summed E-state index contributed by atoms with van der Waals surface area (Å²) in [6.07, 6.45) is -0.806. The Labute approximate surface area is 167 Å². The molecule has 2 aromatic carbocycles. The van der Waals surface area contributed by atoms with E-state index in [1.807, 2.05) is 10.8 Å². The third kappa shape index (κ3) is 4.91. The minimum atomic E-state index is -4.11. The van der Waals surface area contributed by atoms with E-state index in [4.69, 9.17) is 4.74 Å². The van der Waals surface area contributed by atoms with Crippen LogP contribution in [0.1, 0.15) is 11.1 Å². The van der Waals surface area contributed by atoms with Gasteiger partial charge in [-0.3, -0.25) is 9.69 Å². The van der Waals surface area contributed by atoms with Crippen LogP contribution in [0.4, 0.5) is 9.59 Å². The molecule has 1 fully saturated rings. The first-order valence-electron chi connectivity index (χ1n) is 8.68. The van der Waals surface area contributed by atoms with E-state index in [9.17, 15) is 22.8 Å². The predicted octanol–water partition coefficient (Wildman–Crippen LogP) is 1.53. The number of alkyl carbamates (subject to hydrolysis) is 1. The summed E-state index contributed by atoms with van der Waals surface area (Å²) >= 11 is 0. The van der Waals surface area contributed by atoms with Gasteiger partial charge in [0, 0.05) is 0 Å². The summed E-state index contributed by atoms with van der Waals surface area (Å²) in [6.45, 7) is 1.67. The monoisotopic (exact) mass is 417 g/mol. The highest BCUT2D eigenvalue weighted by atomic mass is 32.2. The molecule has 1 aliphatic rings. The molecule has 0 saturated carbocycles. The summed E-state index contributed by atoms with van der Waals surface area (Å²) in [5.41, 5.74) is 1.64. The normalized spacial score (nSPS) is 16.0. The number of urea groups is 1. The number of hydrogen-bond acceptors (Lipinski definition) is 6. The summed E-state index contributed by atoms with van der Waals surface area (Å²) in [7, 11) is -4.11. The van der Waals surface area contributed by atoms with E-state index in [0.717, 1.165) is 11.1 Å². The predicted molar refractivity (Wildman–Crippen MR) is 102 cm³/mol. The first-order valence-corrected chi connectivity index (χ1v) is 10.2. The van der Waals surface area contributed by atoms with Crippen LogP contribution in [0.2, 0.25) is 0 Å². The molecule has 4 amide bonds. The van der Waals surface area contributed by atoms with Crippen molar-refractivity contribution in [3.8, 4) is 0 Å². The second-order valence-corrected chi connectivity index (χ2v) is 8.11. The number of aryl methyl sites for hydroxylation is 1. The van der Waals surface area contributed by atoms with E-state index in [2.05, 4.69) is 5.32 Å². The van der Waals surface area contributed by atoms with E-state index < -0.39 is 34.1 Å². The SMILES string of the molecule is Cc1ccc(S(=O)(=O)NC(=O)N2C[C@H](NC(=O)OCc3ccccc3)C2=O)cc1. The maximum Gasteiger partial charge on any atom is 0.408 e. The van der Waals surface area contributed by atoms with Crippen molar-refractivity contribution < 1.29 is 27.5 Å². The van der Waals surface area contributed by atoms with Crippen molar-refractivity contribution in [3.63, 3.8) is 0 Å². The number of carbonyl (C=O) groups excluding carboxylic acids is 3. The summed E-state index contributed by atoms with van der Waals surface area (Å²) in [5, 5.41) is 2.34. The molecule has 0 radical (unpaired) electrons. The van der Waals surface area contributed by atoms with Gasteiger partial charge in [0.1, 0.15) is 12.6 Å². The molecule has 1 aliphatic heterocycles. The Morgan fingerprint density at radius 3 is 2.38 bits per heavy atom. The van der Waals surface area contributed by atoms with Gasteiger partial charge in [0.05, 0.1) is 11.4 Å². The van der Waals surface area contributed by atoms with Crippen LogP contribution in [0, 0.1) is 6.92 Å². The second-order valence-electron chi connectivity index (χ2n) is 6.43. The average Bonchev–Trinajstić information content (AvgIpc) is 2.69. The zero-order chi connectivity index (χ0) is 21.0. The van der Waals surface area contributed by atoms with Gasteiger partial charge in [-0.25, -0.2) is 22.7 Å². The molecule has 1 heterocycles. The van der Waals surface area contributed by atoms with Crippen molar-refractivity contribution in [1.29, 1.82) is 0 Å². The standard InChI is InChI=1S/C19H19N3O6S/c1-13-7-9-15(10-8-13)29(26,27)21-18(24)22-11-16(17(22)23)20-19(25)28-12-14-5-3-2-4-6-14/h2-10,16H,11-12H2,1H3,(H,20,25)(H,21,24)/t16-/m0/s1. The van der Waals surface area contributed by atoms with E-state index >= 15 is 0 Å². The third-order valence-electron chi connectivity index (χ3n) is 4.23. The highest BCUT2D eigenvalue weighted by Crippen LogP contribution is 2.14. The first-order chi connectivity index (χ1) is 13.8. The van der Waals surface area contributed by atoms with Gasteiger partial charge >= 0.3 is 12.1 Å². The number of sulfonamides is 1. The number of likely N-dealkylation sites (tertiary alicyclic amines) is 1. The van der Waals surface area contributed by atoms with Crippen LogP contribution < -0.4 is 10.0 Å². The van der Waals surface area contributed by atoms with Crippen molar-refractivity contribution in [2.45, 2.75) is 24.5 Å². The quantitative estimate of drug-likeness (QED) is 0.712. The second kappa shape index (κ2) is 8.31. The first kappa shape index (κ1) is 20.3. The third-order valence-corrected chi connectivity index (χ3v) is 5.57. The lowest BCUT2D eigenvalue weighted by Gasteiger charge is -2.36. The van der Waals surface area contributed by atoms with Crippen molar-refractivity contribution in [2.75, 3.05) is 6.54 Å². The molecular weight excluding hydrogens is 398 g/mol. The Morgan fingerprint density at radius 2 is 1.76 bits per heavy atom. The van der Waals surface area contributed by atoms with Crippen LogP contribution in [0.25, 0.3) is 0 Å². The fraction of sp³-hybridized carbons (Fsp3) is 0.211. The lowest BCUT2D eigenvalue weighted by molar-refractivity contribution is -0.139. The molecule has 2 N–H and O–H groups in total. The number of amides is 4. The van der Waals surface area contributed by atoms with Crippen LogP contribution in [-0.2, 0) is 26.2 Å². The van der Waals surface area contributed by atoms with Gasteiger partial charge in [-0.15, -0.1) is 0 Å². The maximum atomic E-state index is 12.2. The average molecular weight is 417 g/mol.